The third-order valence-corrected chi connectivity index (χ3v) is 4.79. The van der Waals surface area contributed by atoms with Crippen molar-refractivity contribution >= 4 is 0 Å². The van der Waals surface area contributed by atoms with E-state index < -0.39 is 0 Å². The minimum atomic E-state index is -0.0507. The lowest BCUT2D eigenvalue weighted by atomic mass is 10.00. The number of hydrogen-bond acceptors (Lipinski definition) is 3. The van der Waals surface area contributed by atoms with Gasteiger partial charge in [-0.1, -0.05) is 25.1 Å². The van der Waals surface area contributed by atoms with Crippen LogP contribution in [0.3, 0.4) is 0 Å². The summed E-state index contributed by atoms with van der Waals surface area (Å²) in [4.78, 5) is 2.53. The van der Waals surface area contributed by atoms with Gasteiger partial charge < -0.3 is 15.0 Å². The first-order valence-corrected chi connectivity index (χ1v) is 8.33. The number of ether oxygens (including phenoxy) is 1. The molecule has 2 heterocycles. The molecular weight excluding hydrogens is 260 g/mol. The van der Waals surface area contributed by atoms with Crippen molar-refractivity contribution < 1.29 is 4.74 Å². The minimum absolute atomic E-state index is 0.0507. The summed E-state index contributed by atoms with van der Waals surface area (Å²) in [6, 6.07) is 7.22. The van der Waals surface area contributed by atoms with Gasteiger partial charge in [0.1, 0.15) is 11.4 Å². The van der Waals surface area contributed by atoms with Gasteiger partial charge in [-0.25, -0.2) is 0 Å². The van der Waals surface area contributed by atoms with Crippen LogP contribution >= 0.6 is 0 Å². The first kappa shape index (κ1) is 14.9. The summed E-state index contributed by atoms with van der Waals surface area (Å²) in [5.74, 6) is 1.13. The van der Waals surface area contributed by atoms with Crippen LogP contribution in [0.4, 0.5) is 0 Å². The van der Waals surface area contributed by atoms with Crippen molar-refractivity contribution in [1.29, 1.82) is 0 Å². The predicted molar refractivity (Wildman–Crippen MR) is 86.8 cm³/mol. The summed E-state index contributed by atoms with van der Waals surface area (Å²) in [7, 11) is 0. The Kier molecular flexibility index (Phi) is 4.23. The van der Waals surface area contributed by atoms with Gasteiger partial charge in [0.15, 0.2) is 0 Å². The summed E-state index contributed by atoms with van der Waals surface area (Å²) in [6.45, 7) is 11.2. The van der Waals surface area contributed by atoms with Crippen LogP contribution in [-0.2, 0) is 13.0 Å². The monoisotopic (exact) mass is 288 g/mol. The van der Waals surface area contributed by atoms with Crippen LogP contribution in [0.25, 0.3) is 0 Å². The van der Waals surface area contributed by atoms with E-state index in [0.29, 0.717) is 6.04 Å². The highest BCUT2D eigenvalue weighted by Gasteiger charge is 2.31. The van der Waals surface area contributed by atoms with Crippen LogP contribution in [0, 0.1) is 0 Å². The van der Waals surface area contributed by atoms with Crippen molar-refractivity contribution in [2.24, 2.45) is 0 Å². The summed E-state index contributed by atoms with van der Waals surface area (Å²) < 4.78 is 6.15. The molecule has 3 nitrogen and oxygen atoms in total. The molecule has 2 aliphatic heterocycles. The Morgan fingerprint density at radius 2 is 2.05 bits per heavy atom. The van der Waals surface area contributed by atoms with Crippen LogP contribution in [0.5, 0.6) is 5.75 Å². The molecule has 0 aromatic heterocycles. The van der Waals surface area contributed by atoms with Gasteiger partial charge in [0.2, 0.25) is 0 Å². The standard InChI is InChI=1S/C18H28N2O/c1-4-20-10-8-16(9-11-20)19-13-15-7-5-6-14-12-18(2,3)21-17(14)15/h5-7,16,19H,4,8-13H2,1-3H3. The van der Waals surface area contributed by atoms with Crippen LogP contribution in [0.1, 0.15) is 44.7 Å². The summed E-state index contributed by atoms with van der Waals surface area (Å²) >= 11 is 0. The fourth-order valence-electron chi connectivity index (χ4n) is 3.53. The zero-order valence-electron chi connectivity index (χ0n) is 13.6. The van der Waals surface area contributed by atoms with Crippen LogP contribution in [0.15, 0.2) is 18.2 Å². The maximum Gasteiger partial charge on any atom is 0.127 e. The third kappa shape index (κ3) is 3.41. The number of fused-ring (bicyclic) bond motifs is 1. The molecule has 0 aliphatic carbocycles. The minimum Gasteiger partial charge on any atom is -0.487 e. The highest BCUT2D eigenvalue weighted by molar-refractivity contribution is 5.45. The third-order valence-electron chi connectivity index (χ3n) is 4.79. The normalized spacial score (nSPS) is 22.0. The molecule has 3 heteroatoms. The van der Waals surface area contributed by atoms with Gasteiger partial charge in [-0.2, -0.15) is 0 Å². The van der Waals surface area contributed by atoms with Gasteiger partial charge in [0, 0.05) is 24.6 Å². The number of nitrogens with zero attached hydrogens (tertiary/aromatic N) is 1. The van der Waals surface area contributed by atoms with Crippen LogP contribution in [-0.4, -0.2) is 36.2 Å². The summed E-state index contributed by atoms with van der Waals surface area (Å²) in [6.07, 6.45) is 3.54. The number of rotatable bonds is 4. The fraction of sp³-hybridized carbons (Fsp3) is 0.667. The predicted octanol–water partition coefficient (Wildman–Crippen LogP) is 2.97. The van der Waals surface area contributed by atoms with E-state index >= 15 is 0 Å². The SMILES string of the molecule is CCN1CCC(NCc2cccc3c2OC(C)(C)C3)CC1. The van der Waals surface area contributed by atoms with E-state index in [1.807, 2.05) is 0 Å². The summed E-state index contributed by atoms with van der Waals surface area (Å²) in [5, 5.41) is 3.73. The first-order chi connectivity index (χ1) is 10.1. The van der Waals surface area contributed by atoms with Gasteiger partial charge >= 0.3 is 0 Å². The Bertz CT molecular complexity index is 490. The topological polar surface area (TPSA) is 24.5 Å². The van der Waals surface area contributed by atoms with Crippen molar-refractivity contribution in [2.45, 2.75) is 58.2 Å². The van der Waals surface area contributed by atoms with Crippen LogP contribution in [0.2, 0.25) is 0 Å². The van der Waals surface area contributed by atoms with E-state index in [1.54, 1.807) is 0 Å². The summed E-state index contributed by atoms with van der Waals surface area (Å²) in [5.41, 5.74) is 2.63. The Balaban J connectivity index is 1.59. The lowest BCUT2D eigenvalue weighted by molar-refractivity contribution is 0.136. The molecule has 1 N–H and O–H groups in total. The number of piperidine rings is 1. The second-order valence-electron chi connectivity index (χ2n) is 7.03. The van der Waals surface area contributed by atoms with E-state index in [2.05, 4.69) is 49.2 Å². The number of benzene rings is 1. The molecule has 0 atom stereocenters. The lowest BCUT2D eigenvalue weighted by Gasteiger charge is -2.31. The highest BCUT2D eigenvalue weighted by Crippen LogP contribution is 2.37. The quantitative estimate of drug-likeness (QED) is 0.922. The molecule has 0 spiro atoms. The van der Waals surface area contributed by atoms with Gasteiger partial charge in [0.05, 0.1) is 0 Å². The maximum atomic E-state index is 6.15. The molecule has 0 amide bonds. The largest absolute Gasteiger partial charge is 0.487 e. The molecule has 2 aliphatic rings. The number of para-hydroxylation sites is 1. The molecule has 0 radical (unpaired) electrons. The van der Waals surface area contributed by atoms with Crippen molar-refractivity contribution in [3.05, 3.63) is 29.3 Å². The number of likely N-dealkylation sites (tertiary alicyclic amines) is 1. The molecule has 0 saturated carbocycles. The van der Waals surface area contributed by atoms with Gasteiger partial charge in [-0.05, 0) is 51.9 Å². The number of hydrogen-bond donors (Lipinski definition) is 1. The van der Waals surface area contributed by atoms with Gasteiger partial charge in [-0.15, -0.1) is 0 Å². The van der Waals surface area contributed by atoms with Crippen molar-refractivity contribution in [3.8, 4) is 5.75 Å². The molecule has 3 rings (SSSR count). The zero-order valence-corrected chi connectivity index (χ0v) is 13.6. The average Bonchev–Trinajstić information content (AvgIpc) is 2.80. The van der Waals surface area contributed by atoms with E-state index in [0.717, 1.165) is 18.7 Å². The Morgan fingerprint density at radius 1 is 1.29 bits per heavy atom. The van der Waals surface area contributed by atoms with E-state index in [9.17, 15) is 0 Å². The molecule has 1 fully saturated rings. The second-order valence-corrected chi connectivity index (χ2v) is 7.03. The molecule has 0 bridgehead atoms. The zero-order chi connectivity index (χ0) is 14.9. The molecule has 0 unspecified atom stereocenters. The molecule has 1 saturated heterocycles. The van der Waals surface area contributed by atoms with Crippen molar-refractivity contribution in [1.82, 2.24) is 10.2 Å². The molecular formula is C18H28N2O. The maximum absolute atomic E-state index is 6.15. The molecule has 1 aromatic carbocycles. The Morgan fingerprint density at radius 3 is 2.76 bits per heavy atom. The molecule has 21 heavy (non-hydrogen) atoms. The second kappa shape index (κ2) is 5.98. The van der Waals surface area contributed by atoms with Crippen LogP contribution < -0.4 is 10.1 Å². The smallest absolute Gasteiger partial charge is 0.127 e. The average molecular weight is 288 g/mol. The fourth-order valence-corrected chi connectivity index (χ4v) is 3.53. The Labute approximate surface area is 128 Å². The molecule has 116 valence electrons. The number of nitrogens with one attached hydrogen (secondary N) is 1. The molecule has 1 aromatic rings. The van der Waals surface area contributed by atoms with Crippen molar-refractivity contribution in [2.75, 3.05) is 19.6 Å². The van der Waals surface area contributed by atoms with E-state index in [1.165, 1.54) is 43.6 Å². The van der Waals surface area contributed by atoms with Gasteiger partial charge in [-0.3, -0.25) is 0 Å². The first-order valence-electron chi connectivity index (χ1n) is 8.33. The lowest BCUT2D eigenvalue weighted by Crippen LogP contribution is -2.42. The highest BCUT2D eigenvalue weighted by atomic mass is 16.5. The van der Waals surface area contributed by atoms with Crippen molar-refractivity contribution in [3.63, 3.8) is 0 Å². The van der Waals surface area contributed by atoms with E-state index in [-0.39, 0.29) is 5.60 Å². The van der Waals surface area contributed by atoms with Gasteiger partial charge in [0.25, 0.3) is 0 Å². The Hall–Kier alpha value is -1.06. The van der Waals surface area contributed by atoms with E-state index in [4.69, 9.17) is 4.74 Å².